The molecule has 0 aliphatic heterocycles. The molecule has 0 rings (SSSR count). The Morgan fingerprint density at radius 2 is 0.700 bits per heavy atom. The lowest BCUT2D eigenvalue weighted by Crippen LogP contribution is -2.52. The lowest BCUT2D eigenvalue weighted by Gasteiger charge is -2.28. The first kappa shape index (κ1) is 19.0. The minimum Gasteiger partial charge on any atom is -0.222 e. The second-order valence-corrected chi connectivity index (χ2v) is 2.69. The van der Waals surface area contributed by atoms with Crippen LogP contribution in [0.15, 0.2) is 0 Å². The zero-order valence-electron chi connectivity index (χ0n) is 8.26. The third-order valence-electron chi connectivity index (χ3n) is 1.06. The van der Waals surface area contributed by atoms with Gasteiger partial charge < -0.3 is 0 Å². The second kappa shape index (κ2) is 5.10. The molecule has 0 aliphatic carbocycles. The summed E-state index contributed by atoms with van der Waals surface area (Å²) in [4.78, 5) is 0. The number of ether oxygens (including phenoxy) is 3. The van der Waals surface area contributed by atoms with Crippen LogP contribution in [0, 0.1) is 0 Å². The van der Waals surface area contributed by atoms with Crippen LogP contribution >= 0.6 is 0 Å². The molecule has 20 heavy (non-hydrogen) atoms. The Balaban J connectivity index is 5.05. The summed E-state index contributed by atoms with van der Waals surface area (Å²) in [5, 5.41) is 0. The molecule has 0 fully saturated rings. The highest BCUT2D eigenvalue weighted by atomic mass is 19.4. The predicted molar refractivity (Wildman–Crippen MR) is 30.2 cm³/mol. The van der Waals surface area contributed by atoms with Gasteiger partial charge in [0, 0.05) is 0 Å². The van der Waals surface area contributed by atoms with E-state index in [4.69, 9.17) is 0 Å². The van der Waals surface area contributed by atoms with Gasteiger partial charge in [-0.05, 0) is 0 Å². The summed E-state index contributed by atoms with van der Waals surface area (Å²) < 4.78 is 145. The summed E-state index contributed by atoms with van der Waals surface area (Å²) in [6, 6.07) is 0. The first-order valence-corrected chi connectivity index (χ1v) is 3.74. The van der Waals surface area contributed by atoms with Crippen molar-refractivity contribution in [1.29, 1.82) is 0 Å². The fraction of sp³-hybridized carbons (Fsp3) is 1.00. The average Bonchev–Trinajstić information content (AvgIpc) is 1.88. The van der Waals surface area contributed by atoms with E-state index < -0.39 is 31.2 Å². The van der Waals surface area contributed by atoms with E-state index in [1.54, 1.807) is 9.47 Å². The molecule has 0 heterocycles. The molecule has 3 nitrogen and oxygen atoms in total. The van der Waals surface area contributed by atoms with E-state index in [0.717, 1.165) is 0 Å². The largest absolute Gasteiger partial charge is 0.529 e. The molecule has 0 spiro atoms. The number of hydrogen-bond donors (Lipinski definition) is 0. The average molecular weight is 336 g/mol. The molecule has 0 aliphatic rings. The fourth-order valence-corrected chi connectivity index (χ4v) is 0.569. The Labute approximate surface area is 99.5 Å². The molecular formula is C5F12O3. The van der Waals surface area contributed by atoms with Crippen LogP contribution in [0.25, 0.3) is 0 Å². The van der Waals surface area contributed by atoms with E-state index in [-0.39, 0.29) is 0 Å². The van der Waals surface area contributed by atoms with Crippen molar-refractivity contribution in [3.63, 3.8) is 0 Å². The molecule has 0 aromatic rings. The van der Waals surface area contributed by atoms with Gasteiger partial charge in [0.1, 0.15) is 0 Å². The Morgan fingerprint density at radius 1 is 0.400 bits per heavy atom. The first-order chi connectivity index (χ1) is 8.37. The normalized spacial score (nSPS) is 15.6. The summed E-state index contributed by atoms with van der Waals surface area (Å²) in [6.07, 6.45) is -32.7. The topological polar surface area (TPSA) is 27.7 Å². The van der Waals surface area contributed by atoms with Crippen LogP contribution in [0.4, 0.5) is 52.7 Å². The van der Waals surface area contributed by atoms with Crippen molar-refractivity contribution < 1.29 is 66.9 Å². The molecule has 15 heteroatoms. The lowest BCUT2D eigenvalue weighted by molar-refractivity contribution is -0.581. The lowest BCUT2D eigenvalue weighted by atomic mass is 10.6. The SMILES string of the molecule is FC(F)(F)OC(F)(F)OC(F)(F)C(F)(F)OC(F)(F)F. The molecule has 0 saturated heterocycles. The Morgan fingerprint density at radius 3 is 1.00 bits per heavy atom. The summed E-state index contributed by atoms with van der Waals surface area (Å²) in [5.74, 6) is 0. The van der Waals surface area contributed by atoms with Crippen LogP contribution in [0.2, 0.25) is 0 Å². The third kappa shape index (κ3) is 6.47. The molecule has 0 N–H and O–H groups in total. The highest BCUT2D eigenvalue weighted by Crippen LogP contribution is 2.44. The molecule has 122 valence electrons. The van der Waals surface area contributed by atoms with Gasteiger partial charge in [0.2, 0.25) is 0 Å². The summed E-state index contributed by atoms with van der Waals surface area (Å²) in [6.45, 7) is 0. The maximum absolute atomic E-state index is 12.3. The monoisotopic (exact) mass is 336 g/mol. The van der Waals surface area contributed by atoms with Crippen LogP contribution in [0.3, 0.4) is 0 Å². The molecule has 0 unspecified atom stereocenters. The zero-order valence-corrected chi connectivity index (χ0v) is 8.26. The van der Waals surface area contributed by atoms with Crippen molar-refractivity contribution in [2.45, 2.75) is 31.2 Å². The zero-order chi connectivity index (χ0) is 16.6. The molecule has 0 amide bonds. The van der Waals surface area contributed by atoms with Crippen molar-refractivity contribution in [2.75, 3.05) is 0 Å². The number of hydrogen-bond acceptors (Lipinski definition) is 3. The Bertz CT molecular complexity index is 329. The molecule has 0 bridgehead atoms. The smallest absolute Gasteiger partial charge is 0.222 e. The van der Waals surface area contributed by atoms with E-state index in [2.05, 4.69) is 0 Å². The molecule has 0 aromatic carbocycles. The summed E-state index contributed by atoms with van der Waals surface area (Å²) in [5.41, 5.74) is 0. The van der Waals surface area contributed by atoms with Gasteiger partial charge in [0.05, 0.1) is 0 Å². The highest BCUT2D eigenvalue weighted by Gasteiger charge is 2.69. The summed E-state index contributed by atoms with van der Waals surface area (Å²) in [7, 11) is 0. The van der Waals surface area contributed by atoms with Crippen LogP contribution < -0.4 is 0 Å². The maximum atomic E-state index is 12.3. The van der Waals surface area contributed by atoms with E-state index in [1.165, 1.54) is 4.74 Å². The van der Waals surface area contributed by atoms with Crippen LogP contribution in [0.5, 0.6) is 0 Å². The van der Waals surface area contributed by atoms with Crippen LogP contribution in [-0.2, 0) is 14.2 Å². The van der Waals surface area contributed by atoms with E-state index in [1.807, 2.05) is 0 Å². The quantitative estimate of drug-likeness (QED) is 0.564. The van der Waals surface area contributed by atoms with Gasteiger partial charge in [0.15, 0.2) is 0 Å². The number of alkyl halides is 12. The molecule has 0 atom stereocenters. The van der Waals surface area contributed by atoms with Crippen molar-refractivity contribution in [1.82, 2.24) is 0 Å². The van der Waals surface area contributed by atoms with Gasteiger partial charge in [-0.3, -0.25) is 0 Å². The number of rotatable bonds is 5. The van der Waals surface area contributed by atoms with Gasteiger partial charge in [0.25, 0.3) is 0 Å². The second-order valence-electron chi connectivity index (χ2n) is 2.69. The van der Waals surface area contributed by atoms with Crippen LogP contribution in [0.1, 0.15) is 0 Å². The van der Waals surface area contributed by atoms with Gasteiger partial charge >= 0.3 is 31.2 Å². The van der Waals surface area contributed by atoms with Gasteiger partial charge in [-0.15, -0.1) is 35.1 Å². The maximum Gasteiger partial charge on any atom is 0.529 e. The van der Waals surface area contributed by atoms with E-state index >= 15 is 0 Å². The molecule has 0 radical (unpaired) electrons. The molecular weight excluding hydrogens is 336 g/mol. The first-order valence-electron chi connectivity index (χ1n) is 3.74. The van der Waals surface area contributed by atoms with E-state index in [0.29, 0.717) is 0 Å². The van der Waals surface area contributed by atoms with Crippen molar-refractivity contribution >= 4 is 0 Å². The highest BCUT2D eigenvalue weighted by molar-refractivity contribution is 4.68. The molecule has 0 saturated carbocycles. The summed E-state index contributed by atoms with van der Waals surface area (Å²) >= 11 is 0. The molecule has 0 aromatic heterocycles. The minimum absolute atomic E-state index is 1.49. The number of halogens is 12. The Hall–Kier alpha value is -0.960. The van der Waals surface area contributed by atoms with Crippen LogP contribution in [-0.4, -0.2) is 31.2 Å². The van der Waals surface area contributed by atoms with Gasteiger partial charge in [-0.25, -0.2) is 9.47 Å². The van der Waals surface area contributed by atoms with Crippen molar-refractivity contribution in [3.8, 4) is 0 Å². The predicted octanol–water partition coefficient (Wildman–Crippen LogP) is 3.81. The van der Waals surface area contributed by atoms with Gasteiger partial charge in [-0.1, -0.05) is 0 Å². The Kier molecular flexibility index (Phi) is 4.86. The third-order valence-corrected chi connectivity index (χ3v) is 1.06. The van der Waals surface area contributed by atoms with Crippen molar-refractivity contribution in [3.05, 3.63) is 0 Å². The van der Waals surface area contributed by atoms with Crippen molar-refractivity contribution in [2.24, 2.45) is 0 Å². The minimum atomic E-state index is -6.79. The van der Waals surface area contributed by atoms with Gasteiger partial charge in [-0.2, -0.15) is 22.3 Å². The standard InChI is InChI=1S/C5F12O3/c6-1(7,18-3(10,11)12)2(8,9)19-5(16,17)20-4(13,14)15. The van der Waals surface area contributed by atoms with E-state index in [9.17, 15) is 52.7 Å². The fourth-order valence-electron chi connectivity index (χ4n) is 0.569.